The zero-order valence-electron chi connectivity index (χ0n) is 18.3. The van der Waals surface area contributed by atoms with Crippen molar-refractivity contribution in [1.29, 1.82) is 0 Å². The number of halogens is 1. The molecule has 1 saturated heterocycles. The molecule has 2 aromatic carbocycles. The molecule has 0 bridgehead atoms. The molecule has 1 atom stereocenters. The molecule has 0 radical (unpaired) electrons. The minimum absolute atomic E-state index is 0.109. The standard InChI is InChI=1S/C24H23ClN6O2/c1-13-9-17-18(28-14(2)23-29-19-4-3-15(25)10-21(19)30-23)5-6-27-20(17)11-16(13)24(33)31-8-7-26-12-22(31)32/h3-6,9-11,14,26H,7-8,12H2,1-2H3,(H,27,28)(H,29,30). The predicted octanol–water partition coefficient (Wildman–Crippen LogP) is 3.82. The quantitative estimate of drug-likeness (QED) is 0.398. The van der Waals surface area contributed by atoms with Crippen LogP contribution in [0.4, 0.5) is 5.69 Å². The Morgan fingerprint density at radius 1 is 1.21 bits per heavy atom. The van der Waals surface area contributed by atoms with E-state index in [1.165, 1.54) is 4.90 Å². The second-order valence-corrected chi connectivity index (χ2v) is 8.66. The molecule has 0 saturated carbocycles. The fourth-order valence-electron chi connectivity index (χ4n) is 4.13. The lowest BCUT2D eigenvalue weighted by atomic mass is 10.0. The minimum atomic E-state index is -0.282. The number of anilines is 1. The summed E-state index contributed by atoms with van der Waals surface area (Å²) in [5.41, 5.74) is 4.58. The number of rotatable bonds is 4. The number of nitrogens with one attached hydrogen (secondary N) is 3. The fourth-order valence-corrected chi connectivity index (χ4v) is 4.30. The van der Waals surface area contributed by atoms with Crippen molar-refractivity contribution in [3.05, 3.63) is 64.6 Å². The van der Waals surface area contributed by atoms with Gasteiger partial charge in [0.2, 0.25) is 5.91 Å². The third-order valence-corrected chi connectivity index (χ3v) is 6.13. The maximum absolute atomic E-state index is 13.0. The number of piperazine rings is 1. The van der Waals surface area contributed by atoms with Gasteiger partial charge in [0.05, 0.1) is 29.1 Å². The molecule has 3 heterocycles. The number of amides is 2. The van der Waals surface area contributed by atoms with Gasteiger partial charge >= 0.3 is 0 Å². The Morgan fingerprint density at radius 3 is 2.88 bits per heavy atom. The Hall–Kier alpha value is -3.49. The number of hydrogen-bond donors (Lipinski definition) is 3. The number of imide groups is 1. The van der Waals surface area contributed by atoms with Crippen LogP contribution < -0.4 is 10.6 Å². The van der Waals surface area contributed by atoms with E-state index in [2.05, 4.69) is 25.6 Å². The number of fused-ring (bicyclic) bond motifs is 2. The molecular weight excluding hydrogens is 440 g/mol. The first kappa shape index (κ1) is 21.4. The molecule has 3 N–H and O–H groups in total. The number of pyridine rings is 1. The number of carbonyl (C=O) groups is 2. The summed E-state index contributed by atoms with van der Waals surface area (Å²) in [6.45, 7) is 5.04. The summed E-state index contributed by atoms with van der Waals surface area (Å²) in [6.07, 6.45) is 1.70. The average Bonchev–Trinajstić information content (AvgIpc) is 3.22. The number of aromatic nitrogens is 3. The predicted molar refractivity (Wildman–Crippen MR) is 129 cm³/mol. The number of benzene rings is 2. The molecule has 2 amide bonds. The Morgan fingerprint density at radius 2 is 2.06 bits per heavy atom. The molecule has 1 fully saturated rings. The van der Waals surface area contributed by atoms with E-state index in [4.69, 9.17) is 11.6 Å². The van der Waals surface area contributed by atoms with Crippen LogP contribution in [0.25, 0.3) is 21.9 Å². The van der Waals surface area contributed by atoms with Crippen LogP contribution in [0, 0.1) is 6.92 Å². The minimum Gasteiger partial charge on any atom is -0.375 e. The van der Waals surface area contributed by atoms with E-state index in [9.17, 15) is 9.59 Å². The van der Waals surface area contributed by atoms with Crippen LogP contribution in [0.3, 0.4) is 0 Å². The second kappa shape index (κ2) is 8.46. The Labute approximate surface area is 195 Å². The van der Waals surface area contributed by atoms with Crippen molar-refractivity contribution in [2.24, 2.45) is 0 Å². The van der Waals surface area contributed by atoms with E-state index in [0.29, 0.717) is 29.2 Å². The lowest BCUT2D eigenvalue weighted by Gasteiger charge is -2.26. The summed E-state index contributed by atoms with van der Waals surface area (Å²) < 4.78 is 0. The van der Waals surface area contributed by atoms with E-state index in [-0.39, 0.29) is 24.4 Å². The number of hydrogen-bond acceptors (Lipinski definition) is 6. The molecule has 168 valence electrons. The van der Waals surface area contributed by atoms with Gasteiger partial charge in [0.25, 0.3) is 5.91 Å². The van der Waals surface area contributed by atoms with E-state index in [1.807, 2.05) is 44.2 Å². The van der Waals surface area contributed by atoms with Gasteiger partial charge in [-0.15, -0.1) is 0 Å². The molecule has 9 heteroatoms. The zero-order valence-corrected chi connectivity index (χ0v) is 19.0. The molecule has 1 aliphatic rings. The SMILES string of the molecule is Cc1cc2c(NC(C)c3nc4ccc(Cl)cc4[nH]3)ccnc2cc1C(=O)N1CCNCC1=O. The molecule has 4 aromatic rings. The van der Waals surface area contributed by atoms with Gasteiger partial charge in [-0.3, -0.25) is 19.5 Å². The second-order valence-electron chi connectivity index (χ2n) is 8.22. The van der Waals surface area contributed by atoms with Crippen molar-refractivity contribution in [1.82, 2.24) is 25.2 Å². The number of carbonyl (C=O) groups excluding carboxylic acids is 2. The Bertz CT molecular complexity index is 1400. The number of imidazole rings is 1. The molecule has 0 spiro atoms. The van der Waals surface area contributed by atoms with Crippen LogP contribution >= 0.6 is 11.6 Å². The third-order valence-electron chi connectivity index (χ3n) is 5.90. The highest BCUT2D eigenvalue weighted by molar-refractivity contribution is 6.31. The summed E-state index contributed by atoms with van der Waals surface area (Å²) in [5.74, 6) is 0.295. The van der Waals surface area contributed by atoms with Crippen LogP contribution in [0.15, 0.2) is 42.6 Å². The largest absolute Gasteiger partial charge is 0.375 e. The molecular formula is C24H23ClN6O2. The average molecular weight is 463 g/mol. The lowest BCUT2D eigenvalue weighted by Crippen LogP contribution is -2.50. The number of H-pyrrole nitrogens is 1. The summed E-state index contributed by atoms with van der Waals surface area (Å²) in [5, 5.41) is 8.03. The molecule has 2 aromatic heterocycles. The van der Waals surface area contributed by atoms with E-state index in [0.717, 1.165) is 33.5 Å². The van der Waals surface area contributed by atoms with E-state index >= 15 is 0 Å². The van der Waals surface area contributed by atoms with Gasteiger partial charge in [-0.25, -0.2) is 4.98 Å². The first-order chi connectivity index (χ1) is 15.9. The fraction of sp³-hybridized carbons (Fsp3) is 0.250. The molecule has 8 nitrogen and oxygen atoms in total. The van der Waals surface area contributed by atoms with Crippen molar-refractivity contribution in [2.45, 2.75) is 19.9 Å². The number of aryl methyl sites for hydroxylation is 1. The first-order valence-electron chi connectivity index (χ1n) is 10.8. The van der Waals surface area contributed by atoms with Crippen molar-refractivity contribution in [3.63, 3.8) is 0 Å². The highest BCUT2D eigenvalue weighted by atomic mass is 35.5. The van der Waals surface area contributed by atoms with Gasteiger partial charge in [0, 0.05) is 40.9 Å². The van der Waals surface area contributed by atoms with Crippen molar-refractivity contribution >= 4 is 51.0 Å². The van der Waals surface area contributed by atoms with Gasteiger partial charge in [-0.1, -0.05) is 11.6 Å². The van der Waals surface area contributed by atoms with Crippen LogP contribution in [0.5, 0.6) is 0 Å². The van der Waals surface area contributed by atoms with Crippen molar-refractivity contribution in [3.8, 4) is 0 Å². The number of nitrogens with zero attached hydrogens (tertiary/aromatic N) is 3. The van der Waals surface area contributed by atoms with Crippen molar-refractivity contribution < 1.29 is 9.59 Å². The van der Waals surface area contributed by atoms with Gasteiger partial charge in [0.1, 0.15) is 5.82 Å². The maximum atomic E-state index is 13.0. The molecule has 1 unspecified atom stereocenters. The van der Waals surface area contributed by atoms with Crippen molar-refractivity contribution in [2.75, 3.05) is 25.0 Å². The smallest absolute Gasteiger partial charge is 0.260 e. The van der Waals surface area contributed by atoms with Gasteiger partial charge in [-0.2, -0.15) is 0 Å². The molecule has 1 aliphatic heterocycles. The van der Waals surface area contributed by atoms with Gasteiger partial charge in [-0.05, 0) is 55.8 Å². The topological polar surface area (TPSA) is 103 Å². The number of aromatic amines is 1. The van der Waals surface area contributed by atoms with Gasteiger partial charge < -0.3 is 15.6 Å². The summed E-state index contributed by atoms with van der Waals surface area (Å²) in [7, 11) is 0. The highest BCUT2D eigenvalue weighted by Crippen LogP contribution is 2.29. The zero-order chi connectivity index (χ0) is 23.1. The Kier molecular flexibility index (Phi) is 5.47. The lowest BCUT2D eigenvalue weighted by molar-refractivity contribution is -0.129. The van der Waals surface area contributed by atoms with Crippen LogP contribution in [0.1, 0.15) is 34.7 Å². The van der Waals surface area contributed by atoms with E-state index < -0.39 is 0 Å². The Balaban J connectivity index is 1.45. The van der Waals surface area contributed by atoms with Crippen LogP contribution in [0.2, 0.25) is 5.02 Å². The summed E-state index contributed by atoms with van der Waals surface area (Å²) in [6, 6.07) is 11.1. The normalized spacial score (nSPS) is 15.2. The molecule has 0 aliphatic carbocycles. The molecule has 5 rings (SSSR count). The van der Waals surface area contributed by atoms with Crippen LogP contribution in [-0.2, 0) is 4.79 Å². The monoisotopic (exact) mass is 462 g/mol. The van der Waals surface area contributed by atoms with Crippen LogP contribution in [-0.4, -0.2) is 51.3 Å². The third kappa shape index (κ3) is 4.03. The molecule has 33 heavy (non-hydrogen) atoms. The summed E-state index contributed by atoms with van der Waals surface area (Å²) in [4.78, 5) is 39.0. The summed E-state index contributed by atoms with van der Waals surface area (Å²) >= 11 is 6.09. The van der Waals surface area contributed by atoms with E-state index in [1.54, 1.807) is 12.3 Å². The maximum Gasteiger partial charge on any atom is 0.260 e. The highest BCUT2D eigenvalue weighted by Gasteiger charge is 2.26. The first-order valence-corrected chi connectivity index (χ1v) is 11.1. The van der Waals surface area contributed by atoms with Gasteiger partial charge in [0.15, 0.2) is 0 Å².